The minimum Gasteiger partial charge on any atom is -0.395 e. The summed E-state index contributed by atoms with van der Waals surface area (Å²) in [5.41, 5.74) is 4.88. The molecule has 5 rings (SSSR count). The van der Waals surface area contributed by atoms with Crippen molar-refractivity contribution in [2.24, 2.45) is 0 Å². The van der Waals surface area contributed by atoms with E-state index < -0.39 is 5.91 Å². The number of nitrogens with zero attached hydrogens (tertiary/aromatic N) is 5. The van der Waals surface area contributed by atoms with E-state index in [1.807, 2.05) is 49.6 Å². The van der Waals surface area contributed by atoms with Crippen LogP contribution in [0.25, 0.3) is 16.6 Å². The van der Waals surface area contributed by atoms with E-state index in [1.54, 1.807) is 0 Å². The number of rotatable bonds is 6. The minimum atomic E-state index is -0.456. The summed E-state index contributed by atoms with van der Waals surface area (Å²) < 4.78 is 2.14. The van der Waals surface area contributed by atoms with Crippen molar-refractivity contribution in [1.82, 2.24) is 19.5 Å². The number of aromatic nitrogens is 4. The highest BCUT2D eigenvalue weighted by atomic mass is 35.5. The lowest BCUT2D eigenvalue weighted by molar-refractivity contribution is 0.0980. The molecule has 0 aliphatic heterocycles. The fraction of sp³-hybridized carbons (Fsp3) is 0.250. The van der Waals surface area contributed by atoms with Gasteiger partial charge in [-0.1, -0.05) is 23.2 Å². The summed E-state index contributed by atoms with van der Waals surface area (Å²) >= 11 is 12.3. The van der Waals surface area contributed by atoms with E-state index in [4.69, 9.17) is 23.2 Å². The summed E-state index contributed by atoms with van der Waals surface area (Å²) in [4.78, 5) is 27.1. The average Bonchev–Trinajstić information content (AvgIpc) is 3.56. The maximum Gasteiger partial charge on any atom is 0.264 e. The number of aliphatic hydroxyl groups is 1. The van der Waals surface area contributed by atoms with E-state index >= 15 is 0 Å². The van der Waals surface area contributed by atoms with Crippen molar-refractivity contribution in [3.8, 4) is 5.69 Å². The number of amides is 1. The molecule has 1 aromatic carbocycles. The number of hydrogen-bond donors (Lipinski definition) is 1. The minimum absolute atomic E-state index is 0.0191. The number of benzene rings is 1. The van der Waals surface area contributed by atoms with Gasteiger partial charge in [-0.15, -0.1) is 0 Å². The van der Waals surface area contributed by atoms with Crippen molar-refractivity contribution < 1.29 is 9.90 Å². The monoisotopic (exact) mass is 481 g/mol. The van der Waals surface area contributed by atoms with Crippen LogP contribution in [0.3, 0.4) is 0 Å². The lowest BCUT2D eigenvalue weighted by Gasteiger charge is -2.24. The van der Waals surface area contributed by atoms with Gasteiger partial charge in [-0.2, -0.15) is 0 Å². The van der Waals surface area contributed by atoms with Crippen molar-refractivity contribution in [2.75, 3.05) is 18.1 Å². The summed E-state index contributed by atoms with van der Waals surface area (Å²) in [6.45, 7) is 1.82. The van der Waals surface area contributed by atoms with Crippen LogP contribution < -0.4 is 4.90 Å². The van der Waals surface area contributed by atoms with Gasteiger partial charge in [0.15, 0.2) is 0 Å². The van der Waals surface area contributed by atoms with Crippen LogP contribution in [0.5, 0.6) is 0 Å². The number of anilines is 1. The molecule has 0 bridgehead atoms. The number of carbonyl (C=O) groups excluding carboxylic acids is 1. The van der Waals surface area contributed by atoms with Crippen LogP contribution in [-0.4, -0.2) is 43.7 Å². The molecule has 33 heavy (non-hydrogen) atoms. The van der Waals surface area contributed by atoms with Gasteiger partial charge in [0.05, 0.1) is 24.0 Å². The second-order valence-electron chi connectivity index (χ2n) is 8.10. The second-order valence-corrected chi connectivity index (χ2v) is 8.82. The van der Waals surface area contributed by atoms with E-state index in [1.165, 1.54) is 11.2 Å². The number of fused-ring (bicyclic) bond motifs is 1. The summed E-state index contributed by atoms with van der Waals surface area (Å²) in [5.74, 6) is -0.0410. The molecule has 168 valence electrons. The molecule has 0 radical (unpaired) electrons. The molecule has 1 saturated carbocycles. The molecular weight excluding hydrogens is 461 g/mol. The van der Waals surface area contributed by atoms with Gasteiger partial charge in [-0.05, 0) is 61.6 Å². The Morgan fingerprint density at radius 3 is 2.55 bits per heavy atom. The quantitative estimate of drug-likeness (QED) is 0.394. The predicted molar refractivity (Wildman–Crippen MR) is 129 cm³/mol. The number of hydrogen-bond acceptors (Lipinski definition) is 5. The first kappa shape index (κ1) is 21.8. The zero-order valence-corrected chi connectivity index (χ0v) is 19.4. The Balaban J connectivity index is 1.64. The Bertz CT molecular complexity index is 1330. The molecule has 7 nitrogen and oxygen atoms in total. The molecule has 1 aliphatic rings. The second kappa shape index (κ2) is 8.74. The standard InChI is InChI=1S/C24H21Cl2N5O2/c1-14-2-5-17(12-27-14)30-7-6-16-10-18(11-19(21(16)30)15-3-4-15)31(8-9-32)24(33)20-22(25)28-13-29-23(20)26/h2,5-7,10-13,15,32H,3-4,8-9H2,1H3. The molecule has 1 N–H and O–H groups in total. The Labute approximate surface area is 200 Å². The van der Waals surface area contributed by atoms with E-state index in [-0.39, 0.29) is 29.0 Å². The fourth-order valence-electron chi connectivity index (χ4n) is 4.08. The lowest BCUT2D eigenvalue weighted by Crippen LogP contribution is -2.34. The molecule has 0 spiro atoms. The van der Waals surface area contributed by atoms with Crippen molar-refractivity contribution in [3.63, 3.8) is 0 Å². The number of carbonyl (C=O) groups is 1. The van der Waals surface area contributed by atoms with E-state index in [0.29, 0.717) is 11.6 Å². The molecule has 1 aliphatic carbocycles. The van der Waals surface area contributed by atoms with Gasteiger partial charge in [0.1, 0.15) is 22.2 Å². The van der Waals surface area contributed by atoms with Gasteiger partial charge in [-0.25, -0.2) is 9.97 Å². The average molecular weight is 482 g/mol. The highest BCUT2D eigenvalue weighted by molar-refractivity contribution is 6.39. The summed E-state index contributed by atoms with van der Waals surface area (Å²) in [5, 5.41) is 10.7. The van der Waals surface area contributed by atoms with Crippen LogP contribution in [0.4, 0.5) is 5.69 Å². The van der Waals surface area contributed by atoms with E-state index in [9.17, 15) is 9.90 Å². The molecule has 3 heterocycles. The SMILES string of the molecule is Cc1ccc(-n2ccc3cc(N(CCO)C(=O)c4c(Cl)ncnc4Cl)cc(C4CC4)c32)cn1. The van der Waals surface area contributed by atoms with Gasteiger partial charge < -0.3 is 14.6 Å². The first-order valence-electron chi connectivity index (χ1n) is 10.6. The van der Waals surface area contributed by atoms with E-state index in [0.717, 1.165) is 40.7 Å². The molecule has 1 amide bonds. The van der Waals surface area contributed by atoms with Crippen molar-refractivity contribution >= 4 is 45.7 Å². The topological polar surface area (TPSA) is 84.1 Å². The lowest BCUT2D eigenvalue weighted by atomic mass is 10.0. The highest BCUT2D eigenvalue weighted by Crippen LogP contribution is 2.45. The van der Waals surface area contributed by atoms with Crippen LogP contribution in [0.15, 0.2) is 49.1 Å². The van der Waals surface area contributed by atoms with Crippen LogP contribution in [0, 0.1) is 6.92 Å². The molecule has 4 aromatic rings. The Hall–Kier alpha value is -3.00. The Morgan fingerprint density at radius 2 is 1.91 bits per heavy atom. The summed E-state index contributed by atoms with van der Waals surface area (Å²) in [6, 6.07) is 10.0. The number of halogens is 2. The number of aryl methyl sites for hydroxylation is 1. The molecule has 0 saturated heterocycles. The van der Waals surface area contributed by atoms with Crippen LogP contribution in [0.2, 0.25) is 10.3 Å². The normalized spacial score (nSPS) is 13.5. The summed E-state index contributed by atoms with van der Waals surface area (Å²) in [7, 11) is 0. The predicted octanol–water partition coefficient (Wildman–Crippen LogP) is 4.95. The van der Waals surface area contributed by atoms with Gasteiger partial charge >= 0.3 is 0 Å². The molecule has 9 heteroatoms. The van der Waals surface area contributed by atoms with Gasteiger partial charge in [0, 0.05) is 29.5 Å². The van der Waals surface area contributed by atoms with Crippen molar-refractivity contribution in [3.05, 3.63) is 76.2 Å². The molecule has 0 atom stereocenters. The smallest absolute Gasteiger partial charge is 0.264 e. The third-order valence-corrected chi connectivity index (χ3v) is 6.41. The first-order valence-corrected chi connectivity index (χ1v) is 11.4. The maximum absolute atomic E-state index is 13.4. The van der Waals surface area contributed by atoms with Crippen LogP contribution >= 0.6 is 23.2 Å². The zero-order valence-electron chi connectivity index (χ0n) is 17.9. The van der Waals surface area contributed by atoms with Crippen molar-refractivity contribution in [1.29, 1.82) is 0 Å². The molecular formula is C24H21Cl2N5O2. The largest absolute Gasteiger partial charge is 0.395 e. The number of pyridine rings is 1. The van der Waals surface area contributed by atoms with E-state index in [2.05, 4.69) is 19.5 Å². The third-order valence-electron chi connectivity index (χ3n) is 5.84. The van der Waals surface area contributed by atoms with Gasteiger partial charge in [-0.3, -0.25) is 9.78 Å². The Kier molecular flexibility index (Phi) is 5.78. The number of aliphatic hydroxyl groups excluding tert-OH is 1. The third kappa shape index (κ3) is 4.08. The Morgan fingerprint density at radius 1 is 1.15 bits per heavy atom. The van der Waals surface area contributed by atoms with Crippen molar-refractivity contribution in [2.45, 2.75) is 25.7 Å². The highest BCUT2D eigenvalue weighted by Gasteiger charge is 2.30. The first-order chi connectivity index (χ1) is 16.0. The maximum atomic E-state index is 13.4. The zero-order chi connectivity index (χ0) is 23.1. The van der Waals surface area contributed by atoms with Crippen LogP contribution in [0.1, 0.15) is 40.4 Å². The molecule has 0 unspecified atom stereocenters. The molecule has 3 aromatic heterocycles. The van der Waals surface area contributed by atoms with Gasteiger partial charge in [0.25, 0.3) is 5.91 Å². The van der Waals surface area contributed by atoms with Crippen LogP contribution in [-0.2, 0) is 0 Å². The van der Waals surface area contributed by atoms with Gasteiger partial charge in [0.2, 0.25) is 0 Å². The fourth-order valence-corrected chi connectivity index (χ4v) is 4.56. The molecule has 1 fully saturated rings. The summed E-state index contributed by atoms with van der Waals surface area (Å²) in [6.07, 6.45) is 7.27.